The molecule has 0 unspecified atom stereocenters. The smallest absolute Gasteiger partial charge is 0.169 e. The van der Waals surface area contributed by atoms with Gasteiger partial charge in [0, 0.05) is 36.7 Å². The van der Waals surface area contributed by atoms with Crippen molar-refractivity contribution in [1.82, 2.24) is 10.6 Å². The van der Waals surface area contributed by atoms with Crippen molar-refractivity contribution in [2.75, 3.05) is 0 Å². The molecule has 1 aliphatic heterocycles. The van der Waals surface area contributed by atoms with Crippen molar-refractivity contribution in [2.24, 2.45) is 14.1 Å². The number of pyridine rings is 2. The van der Waals surface area contributed by atoms with Crippen LogP contribution < -0.4 is 19.8 Å². The van der Waals surface area contributed by atoms with Crippen LogP contribution in [-0.2, 0) is 14.1 Å². The maximum atomic E-state index is 3.26. The van der Waals surface area contributed by atoms with E-state index in [4.69, 9.17) is 0 Å². The Kier molecular flexibility index (Phi) is 4.40. The fourth-order valence-corrected chi connectivity index (χ4v) is 3.40. The van der Waals surface area contributed by atoms with Crippen LogP contribution in [0.25, 0.3) is 5.57 Å². The Morgan fingerprint density at radius 2 is 1.31 bits per heavy atom. The van der Waals surface area contributed by atoms with Gasteiger partial charge in [-0.15, -0.1) is 0 Å². The Morgan fingerprint density at radius 3 is 1.77 bits per heavy atom. The number of nitrogens with one attached hydrogen (secondary N) is 2. The molecule has 0 spiro atoms. The van der Waals surface area contributed by atoms with Crippen LogP contribution in [0.2, 0.25) is 0 Å². The minimum atomic E-state index is 1.02. The second kappa shape index (κ2) is 7.00. The molecule has 26 heavy (non-hydrogen) atoms. The lowest BCUT2D eigenvalue weighted by atomic mass is 9.87. The summed E-state index contributed by atoms with van der Waals surface area (Å²) in [7, 11) is 4.10. The van der Waals surface area contributed by atoms with Gasteiger partial charge in [-0.2, -0.15) is 0 Å². The molecule has 1 aliphatic carbocycles. The molecular formula is C22H24N4+2. The molecular weight excluding hydrogens is 320 g/mol. The van der Waals surface area contributed by atoms with Crippen molar-refractivity contribution < 1.29 is 9.13 Å². The summed E-state index contributed by atoms with van der Waals surface area (Å²) < 4.78 is 4.14. The van der Waals surface area contributed by atoms with Gasteiger partial charge in [0.25, 0.3) is 0 Å². The van der Waals surface area contributed by atoms with Crippen LogP contribution in [-0.4, -0.2) is 0 Å². The molecule has 3 heterocycles. The maximum Gasteiger partial charge on any atom is 0.169 e. The fraction of sp³-hybridized carbons (Fsp3) is 0.182. The van der Waals surface area contributed by atoms with Crippen LogP contribution in [0.5, 0.6) is 0 Å². The van der Waals surface area contributed by atoms with Crippen molar-refractivity contribution in [1.29, 1.82) is 0 Å². The summed E-state index contributed by atoms with van der Waals surface area (Å²) >= 11 is 0. The topological polar surface area (TPSA) is 31.8 Å². The summed E-state index contributed by atoms with van der Waals surface area (Å²) in [4.78, 5) is 0. The Hall–Kier alpha value is -3.14. The van der Waals surface area contributed by atoms with Crippen LogP contribution in [0.3, 0.4) is 0 Å². The highest BCUT2D eigenvalue weighted by atomic mass is 15.1. The van der Waals surface area contributed by atoms with Gasteiger partial charge in [-0.25, -0.2) is 9.13 Å². The lowest BCUT2D eigenvalue weighted by molar-refractivity contribution is -0.671. The third kappa shape index (κ3) is 3.31. The van der Waals surface area contributed by atoms with Gasteiger partial charge in [-0.3, -0.25) is 0 Å². The van der Waals surface area contributed by atoms with Crippen LogP contribution in [0, 0.1) is 0 Å². The first-order valence-corrected chi connectivity index (χ1v) is 8.94. The van der Waals surface area contributed by atoms with E-state index >= 15 is 0 Å². The van der Waals surface area contributed by atoms with Gasteiger partial charge in [-0.05, 0) is 40.7 Å². The van der Waals surface area contributed by atoms with E-state index in [9.17, 15) is 0 Å². The summed E-state index contributed by atoms with van der Waals surface area (Å²) in [6, 6.07) is 8.78. The molecule has 2 aromatic rings. The second-order valence-electron chi connectivity index (χ2n) is 6.76. The van der Waals surface area contributed by atoms with Crippen LogP contribution in [0.15, 0.2) is 90.6 Å². The number of aryl methyl sites for hydroxylation is 2. The zero-order chi connectivity index (χ0) is 17.9. The molecule has 0 saturated heterocycles. The largest absolute Gasteiger partial charge is 0.347 e. The molecule has 2 N–H and O–H groups in total. The summed E-state index contributed by atoms with van der Waals surface area (Å²) in [6.45, 7) is 0. The SMILES string of the molecule is C[n+]1ccc(C(=C2C=CC(=C3NC=CN3)CC2)c2cc[n+](C)cc2)cc1. The number of hydrogen-bond donors (Lipinski definition) is 2. The van der Waals surface area contributed by atoms with Crippen molar-refractivity contribution in [3.63, 3.8) is 0 Å². The molecule has 0 saturated carbocycles. The van der Waals surface area contributed by atoms with Gasteiger partial charge in [0.2, 0.25) is 0 Å². The van der Waals surface area contributed by atoms with Gasteiger partial charge in [0.05, 0.1) is 0 Å². The minimum Gasteiger partial charge on any atom is -0.347 e. The molecule has 0 fully saturated rings. The predicted octanol–water partition coefficient (Wildman–Crippen LogP) is 2.36. The zero-order valence-corrected chi connectivity index (χ0v) is 15.2. The first-order chi connectivity index (χ1) is 12.7. The van der Waals surface area contributed by atoms with E-state index in [0.717, 1.165) is 18.7 Å². The highest BCUT2D eigenvalue weighted by Gasteiger charge is 2.17. The number of allylic oxidation sites excluding steroid dienone is 4. The monoisotopic (exact) mass is 344 g/mol. The minimum absolute atomic E-state index is 1.02. The lowest BCUT2D eigenvalue weighted by Gasteiger charge is -2.18. The van der Waals surface area contributed by atoms with E-state index in [1.807, 2.05) is 26.5 Å². The fourth-order valence-electron chi connectivity index (χ4n) is 3.40. The standard InChI is InChI=1S/C22H23N4/c1-25-13-7-18(8-14-25)21(19-9-15-26(2)16-10-19)17-3-5-20(6-4-17)22-23-11-12-24-22/h3,5,7-16H,4,6H2,1-2H3,(H,23,24)/q+1/p+1. The Labute approximate surface area is 154 Å². The molecule has 2 aliphatic rings. The van der Waals surface area contributed by atoms with Gasteiger partial charge in [0.15, 0.2) is 24.8 Å². The van der Waals surface area contributed by atoms with E-state index in [1.54, 1.807) is 0 Å². The molecule has 4 nitrogen and oxygen atoms in total. The highest BCUT2D eigenvalue weighted by molar-refractivity contribution is 5.83. The van der Waals surface area contributed by atoms with Crippen LogP contribution >= 0.6 is 0 Å². The highest BCUT2D eigenvalue weighted by Crippen LogP contribution is 2.33. The molecule has 0 bridgehead atoms. The maximum absolute atomic E-state index is 3.26. The average molecular weight is 344 g/mol. The van der Waals surface area contributed by atoms with E-state index in [-0.39, 0.29) is 0 Å². The predicted molar refractivity (Wildman–Crippen MR) is 102 cm³/mol. The van der Waals surface area contributed by atoms with Crippen molar-refractivity contribution in [3.8, 4) is 0 Å². The van der Waals surface area contributed by atoms with E-state index in [2.05, 4.69) is 81.0 Å². The van der Waals surface area contributed by atoms with Crippen molar-refractivity contribution in [3.05, 3.63) is 102 Å². The quantitative estimate of drug-likeness (QED) is 0.820. The molecule has 0 aromatic carbocycles. The number of rotatable bonds is 2. The van der Waals surface area contributed by atoms with Crippen LogP contribution in [0.4, 0.5) is 0 Å². The normalized spacial score (nSPS) is 15.8. The molecule has 0 atom stereocenters. The van der Waals surface area contributed by atoms with Gasteiger partial charge in [-0.1, -0.05) is 12.2 Å². The number of aromatic nitrogens is 2. The van der Waals surface area contributed by atoms with Gasteiger partial charge in [0.1, 0.15) is 19.9 Å². The Balaban J connectivity index is 1.79. The van der Waals surface area contributed by atoms with Crippen molar-refractivity contribution >= 4 is 5.57 Å². The second-order valence-corrected chi connectivity index (χ2v) is 6.76. The third-order valence-corrected chi connectivity index (χ3v) is 4.86. The summed E-state index contributed by atoms with van der Waals surface area (Å²) in [5.74, 6) is 1.10. The molecule has 4 rings (SSSR count). The number of nitrogens with zero attached hydrogens (tertiary/aromatic N) is 2. The van der Waals surface area contributed by atoms with E-state index in [0.29, 0.717) is 0 Å². The van der Waals surface area contributed by atoms with Gasteiger partial charge < -0.3 is 10.6 Å². The Morgan fingerprint density at radius 1 is 0.769 bits per heavy atom. The lowest BCUT2D eigenvalue weighted by Crippen LogP contribution is -2.26. The number of hydrogen-bond acceptors (Lipinski definition) is 2. The van der Waals surface area contributed by atoms with Gasteiger partial charge >= 0.3 is 0 Å². The zero-order valence-electron chi connectivity index (χ0n) is 15.2. The summed E-state index contributed by atoms with van der Waals surface area (Å²) in [6.07, 6.45) is 18.8. The van der Waals surface area contributed by atoms with E-state index in [1.165, 1.54) is 27.8 Å². The molecule has 4 heteroatoms. The Bertz CT molecular complexity index is 872. The first kappa shape index (κ1) is 16.3. The molecule has 2 aromatic heterocycles. The summed E-state index contributed by atoms with van der Waals surface area (Å²) in [5, 5.41) is 6.52. The van der Waals surface area contributed by atoms with Crippen molar-refractivity contribution in [2.45, 2.75) is 12.8 Å². The average Bonchev–Trinajstić information content (AvgIpc) is 3.20. The first-order valence-electron chi connectivity index (χ1n) is 8.94. The van der Waals surface area contributed by atoms with Crippen LogP contribution in [0.1, 0.15) is 24.0 Å². The van der Waals surface area contributed by atoms with E-state index < -0.39 is 0 Å². The molecule has 0 radical (unpaired) electrons. The summed E-state index contributed by atoms with van der Waals surface area (Å²) in [5.41, 5.74) is 6.52. The third-order valence-electron chi connectivity index (χ3n) is 4.86. The molecule has 130 valence electrons. The molecule has 0 amide bonds.